The molecule has 2 aliphatic heterocycles. The largest absolute Gasteiger partial charge is 0.382 e. The van der Waals surface area contributed by atoms with Gasteiger partial charge in [-0.2, -0.15) is 0 Å². The molecule has 7 nitrogen and oxygen atoms in total. The molecule has 2 aliphatic rings. The first-order valence-corrected chi connectivity index (χ1v) is 9.48. The van der Waals surface area contributed by atoms with E-state index in [2.05, 4.69) is 0 Å². The van der Waals surface area contributed by atoms with Crippen molar-refractivity contribution in [2.45, 2.75) is 44.1 Å². The maximum absolute atomic E-state index is 13.2. The van der Waals surface area contributed by atoms with Crippen LogP contribution in [0.3, 0.4) is 0 Å². The number of hydrogen-bond donors (Lipinski definition) is 1. The van der Waals surface area contributed by atoms with Gasteiger partial charge in [-0.3, -0.25) is 14.9 Å². The van der Waals surface area contributed by atoms with Gasteiger partial charge < -0.3 is 14.7 Å². The summed E-state index contributed by atoms with van der Waals surface area (Å²) in [4.78, 5) is 25.4. The van der Waals surface area contributed by atoms with E-state index in [-0.39, 0.29) is 23.9 Å². The van der Waals surface area contributed by atoms with Crippen LogP contribution in [0.25, 0.3) is 0 Å². The van der Waals surface area contributed by atoms with Crippen LogP contribution < -0.4 is 0 Å². The Morgan fingerprint density at radius 1 is 1.18 bits per heavy atom. The molecule has 4 rings (SSSR count). The molecule has 0 unspecified atom stereocenters. The predicted octanol–water partition coefficient (Wildman–Crippen LogP) is 3.13. The van der Waals surface area contributed by atoms with Crippen molar-refractivity contribution < 1.29 is 19.6 Å². The molecule has 1 amide bonds. The zero-order valence-electron chi connectivity index (χ0n) is 15.5. The zero-order chi connectivity index (χ0) is 19.8. The molecule has 0 spiro atoms. The smallest absolute Gasteiger partial charge is 0.269 e. The van der Waals surface area contributed by atoms with E-state index in [0.29, 0.717) is 18.6 Å². The third-order valence-electron chi connectivity index (χ3n) is 5.60. The number of nitro groups is 1. The summed E-state index contributed by atoms with van der Waals surface area (Å²) < 4.78 is 5.87. The number of rotatable bonds is 4. The highest BCUT2D eigenvalue weighted by molar-refractivity contribution is 5.84. The summed E-state index contributed by atoms with van der Waals surface area (Å²) in [5, 5.41) is 22.0. The number of hydrogen-bond acceptors (Lipinski definition) is 5. The van der Waals surface area contributed by atoms with Crippen LogP contribution in [0.1, 0.15) is 48.4 Å². The number of aliphatic hydroxyl groups excluding tert-OH is 1. The summed E-state index contributed by atoms with van der Waals surface area (Å²) in [5.74, 6) is -0.946. The first-order valence-electron chi connectivity index (χ1n) is 9.48. The van der Waals surface area contributed by atoms with Crippen LogP contribution in [0.4, 0.5) is 5.69 Å². The maximum atomic E-state index is 13.2. The van der Waals surface area contributed by atoms with Crippen molar-refractivity contribution in [1.82, 2.24) is 4.90 Å². The molecule has 1 fully saturated rings. The molecule has 0 aromatic heterocycles. The number of amides is 1. The van der Waals surface area contributed by atoms with Crippen LogP contribution in [0.2, 0.25) is 0 Å². The van der Waals surface area contributed by atoms with E-state index in [0.717, 1.165) is 17.5 Å². The summed E-state index contributed by atoms with van der Waals surface area (Å²) in [6.07, 6.45) is -0.0567. The van der Waals surface area contributed by atoms with Crippen LogP contribution in [-0.4, -0.2) is 39.8 Å². The molecule has 146 valence electrons. The predicted molar refractivity (Wildman–Crippen MR) is 102 cm³/mol. The Morgan fingerprint density at radius 3 is 2.50 bits per heavy atom. The Labute approximate surface area is 162 Å². The van der Waals surface area contributed by atoms with E-state index in [9.17, 15) is 20.0 Å². The van der Waals surface area contributed by atoms with Gasteiger partial charge in [-0.05, 0) is 23.1 Å². The van der Waals surface area contributed by atoms with Gasteiger partial charge in [0, 0.05) is 18.1 Å². The fourth-order valence-corrected chi connectivity index (χ4v) is 4.30. The van der Waals surface area contributed by atoms with Crippen LogP contribution in [0, 0.1) is 10.1 Å². The van der Waals surface area contributed by atoms with Crippen LogP contribution in [0.15, 0.2) is 48.5 Å². The summed E-state index contributed by atoms with van der Waals surface area (Å²) in [6.45, 7) is 2.43. The lowest BCUT2D eigenvalue weighted by Gasteiger charge is -2.28. The first kappa shape index (κ1) is 18.6. The average molecular weight is 382 g/mol. The molecule has 0 radical (unpaired) electrons. The monoisotopic (exact) mass is 382 g/mol. The Kier molecular flexibility index (Phi) is 4.87. The van der Waals surface area contributed by atoms with Gasteiger partial charge in [0.15, 0.2) is 0 Å². The van der Waals surface area contributed by atoms with E-state index in [1.807, 2.05) is 31.2 Å². The second kappa shape index (κ2) is 7.33. The van der Waals surface area contributed by atoms with Crippen molar-refractivity contribution in [3.8, 4) is 0 Å². The van der Waals surface area contributed by atoms with Gasteiger partial charge >= 0.3 is 0 Å². The number of nitro benzene ring substituents is 1. The van der Waals surface area contributed by atoms with E-state index in [4.69, 9.17) is 4.74 Å². The number of non-ortho nitro benzene ring substituents is 1. The number of ether oxygens (including phenoxy) is 1. The molecule has 7 heteroatoms. The number of nitrogens with zero attached hydrogens (tertiary/aromatic N) is 2. The quantitative estimate of drug-likeness (QED) is 0.648. The van der Waals surface area contributed by atoms with Crippen molar-refractivity contribution in [2.24, 2.45) is 0 Å². The lowest BCUT2D eigenvalue weighted by Crippen LogP contribution is -2.44. The molecule has 2 aromatic carbocycles. The number of benzene rings is 2. The molecule has 2 aromatic rings. The van der Waals surface area contributed by atoms with E-state index in [1.54, 1.807) is 17.0 Å². The molecule has 4 atom stereocenters. The Bertz CT molecular complexity index is 898. The molecule has 0 bridgehead atoms. The Hall–Kier alpha value is -2.77. The molecule has 1 N–H and O–H groups in total. The molecule has 1 saturated heterocycles. The van der Waals surface area contributed by atoms with E-state index < -0.39 is 16.9 Å². The van der Waals surface area contributed by atoms with Crippen LogP contribution in [0.5, 0.6) is 0 Å². The fraction of sp³-hybridized carbons (Fsp3) is 0.381. The molecule has 0 aliphatic carbocycles. The summed E-state index contributed by atoms with van der Waals surface area (Å²) in [7, 11) is 0. The van der Waals surface area contributed by atoms with Gasteiger partial charge in [0.05, 0.1) is 17.6 Å². The van der Waals surface area contributed by atoms with Gasteiger partial charge in [0.1, 0.15) is 12.3 Å². The second-order valence-corrected chi connectivity index (χ2v) is 7.24. The van der Waals surface area contributed by atoms with Gasteiger partial charge in [-0.15, -0.1) is 0 Å². The standard InChI is InChI=1S/C21H22N2O5/c1-2-5-18-22-17(12-28-18)15-6-3-4-7-16(15)19(20(24)21(22)25)13-8-10-14(11-9-13)23(26)27/h3-4,6-11,17-20,24H,2,5,12H2,1H3/t17-,18+,19-,20+/m0/s1. The van der Waals surface area contributed by atoms with Gasteiger partial charge in [-0.25, -0.2) is 0 Å². The second-order valence-electron chi connectivity index (χ2n) is 7.24. The number of fused-ring (bicyclic) bond motifs is 3. The van der Waals surface area contributed by atoms with Crippen molar-refractivity contribution in [2.75, 3.05) is 6.61 Å². The summed E-state index contributed by atoms with van der Waals surface area (Å²) >= 11 is 0. The van der Waals surface area contributed by atoms with Crippen LogP contribution >= 0.6 is 0 Å². The van der Waals surface area contributed by atoms with Crippen molar-refractivity contribution in [1.29, 1.82) is 0 Å². The third-order valence-corrected chi connectivity index (χ3v) is 5.60. The highest BCUT2D eigenvalue weighted by Gasteiger charge is 2.47. The minimum absolute atomic E-state index is 0.0245. The third kappa shape index (κ3) is 2.96. The molecule has 2 heterocycles. The minimum atomic E-state index is -1.28. The van der Waals surface area contributed by atoms with Gasteiger partial charge in [-0.1, -0.05) is 49.7 Å². The van der Waals surface area contributed by atoms with Crippen molar-refractivity contribution in [3.63, 3.8) is 0 Å². The Morgan fingerprint density at radius 2 is 1.86 bits per heavy atom. The zero-order valence-corrected chi connectivity index (χ0v) is 15.5. The van der Waals surface area contributed by atoms with E-state index >= 15 is 0 Å². The highest BCUT2D eigenvalue weighted by Crippen LogP contribution is 2.43. The number of carbonyl (C=O) groups excluding carboxylic acids is 1. The maximum Gasteiger partial charge on any atom is 0.269 e. The fourth-order valence-electron chi connectivity index (χ4n) is 4.30. The first-order chi connectivity index (χ1) is 13.5. The lowest BCUT2D eigenvalue weighted by molar-refractivity contribution is -0.384. The number of aliphatic hydroxyl groups is 1. The lowest BCUT2D eigenvalue weighted by atomic mass is 9.83. The minimum Gasteiger partial charge on any atom is -0.382 e. The molecule has 0 saturated carbocycles. The molecule has 28 heavy (non-hydrogen) atoms. The molecular formula is C21H22N2O5. The highest BCUT2D eigenvalue weighted by atomic mass is 16.6. The summed E-state index contributed by atoms with van der Waals surface area (Å²) in [6, 6.07) is 13.5. The van der Waals surface area contributed by atoms with Crippen molar-refractivity contribution >= 4 is 11.6 Å². The number of carbonyl (C=O) groups is 1. The van der Waals surface area contributed by atoms with Crippen molar-refractivity contribution in [3.05, 3.63) is 75.3 Å². The summed E-state index contributed by atoms with van der Waals surface area (Å²) in [5.41, 5.74) is 2.45. The van der Waals surface area contributed by atoms with Gasteiger partial charge in [0.25, 0.3) is 11.6 Å². The van der Waals surface area contributed by atoms with E-state index in [1.165, 1.54) is 12.1 Å². The van der Waals surface area contributed by atoms with Gasteiger partial charge in [0.2, 0.25) is 0 Å². The Balaban J connectivity index is 1.82. The topological polar surface area (TPSA) is 92.9 Å². The SMILES string of the molecule is CCC[C@H]1OC[C@H]2c3ccccc3[C@H](c3ccc([N+](=O)[O-])cc3)[C@@H](O)C(=O)N12. The average Bonchev–Trinajstić information content (AvgIpc) is 3.08. The molecular weight excluding hydrogens is 360 g/mol. The van der Waals surface area contributed by atoms with Crippen LogP contribution in [-0.2, 0) is 9.53 Å². The normalized spacial score (nSPS) is 26.5.